The summed E-state index contributed by atoms with van der Waals surface area (Å²) in [5.41, 5.74) is 5.78. The first-order valence-corrected chi connectivity index (χ1v) is 6.73. The van der Waals surface area contributed by atoms with Gasteiger partial charge >= 0.3 is 0 Å². The van der Waals surface area contributed by atoms with Crippen LogP contribution in [0, 0.1) is 5.92 Å². The van der Waals surface area contributed by atoms with Gasteiger partial charge in [-0.05, 0) is 25.2 Å². The smallest absolute Gasteiger partial charge is 0.220 e. The fraction of sp³-hybridized carbons (Fsp3) is 0.923. The number of rotatable bonds is 7. The van der Waals surface area contributed by atoms with Crippen LogP contribution in [0.2, 0.25) is 0 Å². The fourth-order valence-electron chi connectivity index (χ4n) is 2.42. The van der Waals surface area contributed by atoms with Crippen LogP contribution in [0.25, 0.3) is 0 Å². The van der Waals surface area contributed by atoms with Crippen molar-refractivity contribution in [3.05, 3.63) is 0 Å². The largest absolute Gasteiger partial charge is 0.383 e. The van der Waals surface area contributed by atoms with Crippen LogP contribution < -0.4 is 11.1 Å². The summed E-state index contributed by atoms with van der Waals surface area (Å²) in [6.45, 7) is 1.22. The van der Waals surface area contributed by atoms with E-state index in [1.54, 1.807) is 7.11 Å². The Morgan fingerprint density at radius 1 is 1.41 bits per heavy atom. The predicted molar refractivity (Wildman–Crippen MR) is 68.7 cm³/mol. The lowest BCUT2D eigenvalue weighted by molar-refractivity contribution is -0.122. The number of nitrogens with two attached hydrogens (primary N) is 1. The van der Waals surface area contributed by atoms with Gasteiger partial charge in [-0.3, -0.25) is 4.79 Å². The van der Waals surface area contributed by atoms with Gasteiger partial charge < -0.3 is 15.8 Å². The average molecular weight is 242 g/mol. The van der Waals surface area contributed by atoms with E-state index < -0.39 is 0 Å². The van der Waals surface area contributed by atoms with Crippen molar-refractivity contribution in [1.82, 2.24) is 5.32 Å². The van der Waals surface area contributed by atoms with Crippen LogP contribution in [-0.2, 0) is 9.53 Å². The highest BCUT2D eigenvalue weighted by atomic mass is 16.5. The van der Waals surface area contributed by atoms with Crippen LogP contribution in [0.1, 0.15) is 44.9 Å². The van der Waals surface area contributed by atoms with Crippen molar-refractivity contribution in [1.29, 1.82) is 0 Å². The Morgan fingerprint density at radius 3 is 2.76 bits per heavy atom. The fourth-order valence-corrected chi connectivity index (χ4v) is 2.42. The number of hydrogen-bond acceptors (Lipinski definition) is 3. The van der Waals surface area contributed by atoms with Crippen LogP contribution in [0.3, 0.4) is 0 Å². The Labute approximate surface area is 104 Å². The van der Waals surface area contributed by atoms with E-state index in [0.29, 0.717) is 25.5 Å². The predicted octanol–water partition coefficient (Wildman–Crippen LogP) is 1.44. The summed E-state index contributed by atoms with van der Waals surface area (Å²) in [6, 6.07) is 0.0231. The number of hydrogen-bond donors (Lipinski definition) is 2. The maximum atomic E-state index is 11.7. The van der Waals surface area contributed by atoms with Gasteiger partial charge in [-0.2, -0.15) is 0 Å². The second-order valence-electron chi connectivity index (χ2n) is 5.06. The second kappa shape index (κ2) is 8.48. The minimum absolute atomic E-state index is 0.0231. The van der Waals surface area contributed by atoms with Crippen LogP contribution >= 0.6 is 0 Å². The van der Waals surface area contributed by atoms with Gasteiger partial charge in [-0.25, -0.2) is 0 Å². The molecule has 0 aromatic carbocycles. The first kappa shape index (κ1) is 14.5. The van der Waals surface area contributed by atoms with Gasteiger partial charge in [0.05, 0.1) is 6.61 Å². The van der Waals surface area contributed by atoms with E-state index >= 15 is 0 Å². The molecular weight excluding hydrogens is 216 g/mol. The first-order chi connectivity index (χ1) is 8.22. The van der Waals surface area contributed by atoms with Crippen molar-refractivity contribution >= 4 is 5.91 Å². The third-order valence-electron chi connectivity index (χ3n) is 3.42. The quantitative estimate of drug-likeness (QED) is 0.710. The van der Waals surface area contributed by atoms with Gasteiger partial charge in [0.1, 0.15) is 0 Å². The minimum Gasteiger partial charge on any atom is -0.383 e. The number of nitrogens with one attached hydrogen (secondary N) is 1. The summed E-state index contributed by atoms with van der Waals surface area (Å²) in [6.07, 6.45) is 7.83. The van der Waals surface area contributed by atoms with Gasteiger partial charge in [0, 0.05) is 26.1 Å². The zero-order valence-corrected chi connectivity index (χ0v) is 10.9. The molecule has 1 amide bonds. The molecule has 1 saturated carbocycles. The number of methoxy groups -OCH3 is 1. The Bertz CT molecular complexity index is 215. The van der Waals surface area contributed by atoms with E-state index in [0.717, 1.165) is 6.42 Å². The Morgan fingerprint density at radius 2 is 2.12 bits per heavy atom. The molecule has 0 spiro atoms. The van der Waals surface area contributed by atoms with E-state index in [1.807, 2.05) is 0 Å². The molecule has 4 heteroatoms. The van der Waals surface area contributed by atoms with Crippen molar-refractivity contribution in [2.45, 2.75) is 51.0 Å². The van der Waals surface area contributed by atoms with Crippen molar-refractivity contribution in [2.24, 2.45) is 11.7 Å². The maximum Gasteiger partial charge on any atom is 0.220 e. The summed E-state index contributed by atoms with van der Waals surface area (Å²) in [7, 11) is 1.64. The Balaban J connectivity index is 2.04. The Hall–Kier alpha value is -0.610. The molecule has 0 saturated heterocycles. The molecule has 3 N–H and O–H groups in total. The highest BCUT2D eigenvalue weighted by molar-refractivity contribution is 5.76. The van der Waals surface area contributed by atoms with Crippen molar-refractivity contribution in [2.75, 3.05) is 20.3 Å². The second-order valence-corrected chi connectivity index (χ2v) is 5.06. The molecule has 1 unspecified atom stereocenters. The van der Waals surface area contributed by atoms with Gasteiger partial charge in [-0.1, -0.05) is 19.3 Å². The van der Waals surface area contributed by atoms with E-state index in [1.165, 1.54) is 32.1 Å². The summed E-state index contributed by atoms with van der Waals surface area (Å²) in [4.78, 5) is 11.7. The van der Waals surface area contributed by atoms with Crippen molar-refractivity contribution in [3.8, 4) is 0 Å². The topological polar surface area (TPSA) is 64.3 Å². The number of ether oxygens (including phenoxy) is 1. The molecule has 1 atom stereocenters. The molecule has 0 aliphatic heterocycles. The summed E-state index contributed by atoms with van der Waals surface area (Å²) in [5.74, 6) is 0.790. The van der Waals surface area contributed by atoms with Gasteiger partial charge in [0.2, 0.25) is 5.91 Å². The maximum absolute atomic E-state index is 11.7. The lowest BCUT2D eigenvalue weighted by Gasteiger charge is -2.21. The highest BCUT2D eigenvalue weighted by Gasteiger charge is 2.16. The summed E-state index contributed by atoms with van der Waals surface area (Å²) in [5, 5.41) is 2.94. The molecule has 1 rings (SSSR count). The number of carbonyl (C=O) groups excluding carboxylic acids is 1. The van der Waals surface area contributed by atoms with Crippen LogP contribution in [-0.4, -0.2) is 32.2 Å². The number of carbonyl (C=O) groups is 1. The van der Waals surface area contributed by atoms with Crippen molar-refractivity contribution in [3.63, 3.8) is 0 Å². The molecule has 4 nitrogen and oxygen atoms in total. The molecule has 0 radical (unpaired) electrons. The third kappa shape index (κ3) is 6.64. The van der Waals surface area contributed by atoms with E-state index in [4.69, 9.17) is 10.5 Å². The molecule has 1 fully saturated rings. The normalized spacial score (nSPS) is 18.9. The van der Waals surface area contributed by atoms with Gasteiger partial charge in [0.25, 0.3) is 0 Å². The van der Waals surface area contributed by atoms with Crippen molar-refractivity contribution < 1.29 is 9.53 Å². The molecule has 0 bridgehead atoms. The molecule has 100 valence electrons. The first-order valence-electron chi connectivity index (χ1n) is 6.73. The van der Waals surface area contributed by atoms with E-state index in [9.17, 15) is 4.79 Å². The van der Waals surface area contributed by atoms with Crippen LogP contribution in [0.4, 0.5) is 0 Å². The average Bonchev–Trinajstić information content (AvgIpc) is 2.30. The molecule has 1 aliphatic carbocycles. The monoisotopic (exact) mass is 242 g/mol. The molecule has 1 aliphatic rings. The third-order valence-corrected chi connectivity index (χ3v) is 3.42. The number of amides is 1. The van der Waals surface area contributed by atoms with Gasteiger partial charge in [0.15, 0.2) is 0 Å². The van der Waals surface area contributed by atoms with Crippen LogP contribution in [0.5, 0.6) is 0 Å². The Kier molecular flexibility index (Phi) is 7.21. The molecule has 0 aromatic rings. The lowest BCUT2D eigenvalue weighted by Crippen LogP contribution is -2.33. The van der Waals surface area contributed by atoms with E-state index in [2.05, 4.69) is 5.32 Å². The summed E-state index contributed by atoms with van der Waals surface area (Å²) < 4.78 is 4.94. The zero-order chi connectivity index (χ0) is 12.5. The molecular formula is C13H26N2O2. The zero-order valence-electron chi connectivity index (χ0n) is 10.9. The van der Waals surface area contributed by atoms with Crippen LogP contribution in [0.15, 0.2) is 0 Å². The molecule has 17 heavy (non-hydrogen) atoms. The van der Waals surface area contributed by atoms with E-state index in [-0.39, 0.29) is 11.9 Å². The van der Waals surface area contributed by atoms with Gasteiger partial charge in [-0.15, -0.1) is 0 Å². The molecule has 0 aromatic heterocycles. The minimum atomic E-state index is 0.0231. The lowest BCUT2D eigenvalue weighted by atomic mass is 9.87. The standard InChI is InChI=1S/C13H26N2O2/c1-17-10-12(14)7-8-15-13(16)9-11-5-3-2-4-6-11/h11-12H,2-10,14H2,1H3,(H,15,16). The molecule has 0 heterocycles. The highest BCUT2D eigenvalue weighted by Crippen LogP contribution is 2.25. The SMILES string of the molecule is COCC(N)CCNC(=O)CC1CCCCC1. The summed E-state index contributed by atoms with van der Waals surface area (Å²) >= 11 is 0.